The van der Waals surface area contributed by atoms with E-state index in [2.05, 4.69) is 235 Å². The molecule has 2 nitrogen and oxygen atoms in total. The minimum absolute atomic E-state index is 0.929. The molecule has 0 amide bonds. The Hall–Kier alpha value is -8.07. The Morgan fingerprint density at radius 1 is 0.262 bits per heavy atom. The molecule has 0 fully saturated rings. The standard InChI is InChI=1S/C59H38N2/c1-4-18-39(19-5-1)55-45-24-10-13-27-48(45)57(40-20-6-2-7-21-40)52-38-43(36-37-51(52)55)58-49-28-14-11-25-46(49)56(47-26-12-15-29-50(47)58)41-32-34-42(35-33-41)59-60-53-30-16-17-31-54(53)61(59)44-22-8-3-9-23-44/h1-38H. The predicted octanol–water partition coefficient (Wildman–Crippen LogP) is 16.0. The average Bonchev–Trinajstić information content (AvgIpc) is 3.73. The molecule has 1 heterocycles. The molecule has 0 saturated heterocycles. The molecule has 0 aliphatic rings. The first-order valence-electron chi connectivity index (χ1n) is 21.0. The maximum absolute atomic E-state index is 5.16. The maximum atomic E-state index is 5.16. The normalized spacial score (nSPS) is 11.6. The van der Waals surface area contributed by atoms with Crippen LogP contribution in [-0.4, -0.2) is 9.55 Å². The summed E-state index contributed by atoms with van der Waals surface area (Å²) < 4.78 is 2.27. The van der Waals surface area contributed by atoms with Crippen LogP contribution < -0.4 is 0 Å². The molecule has 61 heavy (non-hydrogen) atoms. The van der Waals surface area contributed by atoms with E-state index in [9.17, 15) is 0 Å². The second-order valence-corrected chi connectivity index (χ2v) is 15.8. The van der Waals surface area contributed by atoms with Crippen LogP contribution >= 0.6 is 0 Å². The van der Waals surface area contributed by atoms with Gasteiger partial charge >= 0.3 is 0 Å². The highest BCUT2D eigenvalue weighted by atomic mass is 15.1. The smallest absolute Gasteiger partial charge is 0.145 e. The quantitative estimate of drug-likeness (QED) is 0.154. The molecule has 2 heteroatoms. The lowest BCUT2D eigenvalue weighted by Crippen LogP contribution is -1.97. The summed E-state index contributed by atoms with van der Waals surface area (Å²) in [5.41, 5.74) is 14.1. The minimum atomic E-state index is 0.929. The molecule has 0 atom stereocenters. The first-order valence-corrected chi connectivity index (χ1v) is 21.0. The molecule has 0 spiro atoms. The van der Waals surface area contributed by atoms with E-state index >= 15 is 0 Å². The first-order chi connectivity index (χ1) is 30.3. The summed E-state index contributed by atoms with van der Waals surface area (Å²) >= 11 is 0. The van der Waals surface area contributed by atoms with Gasteiger partial charge < -0.3 is 0 Å². The SMILES string of the molecule is c1ccc(-c2c3ccccc3c(-c3ccccc3)c3cc(-c4c5ccccc5c(-c5ccc(-c6nc7ccccc7n6-c6ccccc6)cc5)c5ccccc45)ccc23)cc1. The Bertz CT molecular complexity index is 3550. The summed E-state index contributed by atoms with van der Waals surface area (Å²) in [7, 11) is 0. The molecule has 1 aromatic heterocycles. The zero-order valence-electron chi connectivity index (χ0n) is 33.3. The van der Waals surface area contributed by atoms with Crippen LogP contribution in [0.4, 0.5) is 0 Å². The molecular weight excluding hydrogens is 737 g/mol. The van der Waals surface area contributed by atoms with Crippen LogP contribution in [-0.2, 0) is 0 Å². The van der Waals surface area contributed by atoms with Gasteiger partial charge in [-0.2, -0.15) is 0 Å². The minimum Gasteiger partial charge on any atom is -0.292 e. The Balaban J connectivity index is 1.08. The van der Waals surface area contributed by atoms with Gasteiger partial charge in [-0.15, -0.1) is 0 Å². The Morgan fingerprint density at radius 3 is 1.15 bits per heavy atom. The fourth-order valence-corrected chi connectivity index (χ4v) is 9.76. The lowest BCUT2D eigenvalue weighted by atomic mass is 9.82. The van der Waals surface area contributed by atoms with Gasteiger partial charge in [0, 0.05) is 11.3 Å². The molecule has 0 N–H and O–H groups in total. The van der Waals surface area contributed by atoms with Crippen LogP contribution in [0.2, 0.25) is 0 Å². The number of hydrogen-bond acceptors (Lipinski definition) is 1. The van der Waals surface area contributed by atoms with E-state index in [1.807, 2.05) is 0 Å². The molecule has 284 valence electrons. The first kappa shape index (κ1) is 34.9. The molecular formula is C59H38N2. The van der Waals surface area contributed by atoms with Crippen molar-refractivity contribution in [3.8, 4) is 61.6 Å². The van der Waals surface area contributed by atoms with Gasteiger partial charge in [-0.1, -0.05) is 200 Å². The van der Waals surface area contributed by atoms with E-state index in [1.54, 1.807) is 0 Å². The van der Waals surface area contributed by atoms with E-state index in [0.717, 1.165) is 28.1 Å². The van der Waals surface area contributed by atoms with Crippen LogP contribution in [0, 0.1) is 0 Å². The Labute approximate surface area is 354 Å². The van der Waals surface area contributed by atoms with Crippen molar-refractivity contribution in [3.05, 3.63) is 231 Å². The highest BCUT2D eigenvalue weighted by Gasteiger charge is 2.21. The van der Waals surface area contributed by atoms with Crippen molar-refractivity contribution in [1.82, 2.24) is 9.55 Å². The molecule has 11 aromatic carbocycles. The third-order valence-electron chi connectivity index (χ3n) is 12.4. The monoisotopic (exact) mass is 774 g/mol. The Morgan fingerprint density at radius 2 is 0.623 bits per heavy atom. The van der Waals surface area contributed by atoms with Crippen molar-refractivity contribution in [2.75, 3.05) is 0 Å². The third kappa shape index (κ3) is 5.68. The molecule has 12 aromatic rings. The summed E-state index contributed by atoms with van der Waals surface area (Å²) in [6.07, 6.45) is 0. The van der Waals surface area contributed by atoms with E-state index in [1.165, 1.54) is 87.6 Å². The summed E-state index contributed by atoms with van der Waals surface area (Å²) in [4.78, 5) is 5.16. The topological polar surface area (TPSA) is 17.8 Å². The molecule has 0 aliphatic carbocycles. The van der Waals surface area contributed by atoms with Crippen molar-refractivity contribution in [3.63, 3.8) is 0 Å². The van der Waals surface area contributed by atoms with Crippen molar-refractivity contribution >= 4 is 54.1 Å². The second kappa shape index (κ2) is 14.3. The van der Waals surface area contributed by atoms with E-state index in [-0.39, 0.29) is 0 Å². The largest absolute Gasteiger partial charge is 0.292 e. The number of nitrogens with zero attached hydrogens (tertiary/aromatic N) is 2. The number of benzene rings is 11. The number of rotatable bonds is 6. The van der Waals surface area contributed by atoms with E-state index < -0.39 is 0 Å². The Kier molecular flexibility index (Phi) is 8.21. The molecule has 12 rings (SSSR count). The van der Waals surface area contributed by atoms with Crippen LogP contribution in [0.5, 0.6) is 0 Å². The fraction of sp³-hybridized carbons (Fsp3) is 0. The summed E-state index contributed by atoms with van der Waals surface area (Å²) in [6.45, 7) is 0. The summed E-state index contributed by atoms with van der Waals surface area (Å²) in [5.74, 6) is 0.929. The number of fused-ring (bicyclic) bond motifs is 5. The summed E-state index contributed by atoms with van der Waals surface area (Å²) in [6, 6.07) is 83.6. The zero-order valence-corrected chi connectivity index (χ0v) is 33.3. The van der Waals surface area contributed by atoms with Crippen molar-refractivity contribution in [1.29, 1.82) is 0 Å². The van der Waals surface area contributed by atoms with Crippen LogP contribution in [0.25, 0.3) is 116 Å². The average molecular weight is 775 g/mol. The number of para-hydroxylation sites is 3. The maximum Gasteiger partial charge on any atom is 0.145 e. The van der Waals surface area contributed by atoms with Crippen molar-refractivity contribution in [2.45, 2.75) is 0 Å². The van der Waals surface area contributed by atoms with E-state index in [4.69, 9.17) is 4.98 Å². The highest BCUT2D eigenvalue weighted by molar-refractivity contribution is 6.25. The number of aromatic nitrogens is 2. The lowest BCUT2D eigenvalue weighted by Gasteiger charge is -2.21. The van der Waals surface area contributed by atoms with Crippen LogP contribution in [0.3, 0.4) is 0 Å². The second-order valence-electron chi connectivity index (χ2n) is 15.8. The lowest BCUT2D eigenvalue weighted by molar-refractivity contribution is 1.10. The zero-order chi connectivity index (χ0) is 40.3. The van der Waals surface area contributed by atoms with Crippen LogP contribution in [0.15, 0.2) is 231 Å². The van der Waals surface area contributed by atoms with E-state index in [0.29, 0.717) is 0 Å². The fourth-order valence-electron chi connectivity index (χ4n) is 9.76. The van der Waals surface area contributed by atoms with Gasteiger partial charge in [-0.25, -0.2) is 4.98 Å². The molecule has 0 unspecified atom stereocenters. The van der Waals surface area contributed by atoms with Crippen molar-refractivity contribution in [2.24, 2.45) is 0 Å². The number of hydrogen-bond donors (Lipinski definition) is 0. The van der Waals surface area contributed by atoms with Gasteiger partial charge in [-0.05, 0) is 118 Å². The molecule has 0 bridgehead atoms. The van der Waals surface area contributed by atoms with Gasteiger partial charge in [0.25, 0.3) is 0 Å². The van der Waals surface area contributed by atoms with Gasteiger partial charge in [-0.3, -0.25) is 4.57 Å². The highest BCUT2D eigenvalue weighted by Crippen LogP contribution is 2.48. The molecule has 0 aliphatic heterocycles. The summed E-state index contributed by atoms with van der Waals surface area (Å²) in [5, 5.41) is 9.93. The van der Waals surface area contributed by atoms with Gasteiger partial charge in [0.05, 0.1) is 11.0 Å². The third-order valence-corrected chi connectivity index (χ3v) is 12.4. The predicted molar refractivity (Wildman–Crippen MR) is 258 cm³/mol. The molecule has 0 saturated carbocycles. The number of imidazole rings is 1. The van der Waals surface area contributed by atoms with Gasteiger partial charge in [0.2, 0.25) is 0 Å². The molecule has 0 radical (unpaired) electrons. The van der Waals surface area contributed by atoms with Crippen LogP contribution in [0.1, 0.15) is 0 Å². The van der Waals surface area contributed by atoms with Crippen molar-refractivity contribution < 1.29 is 0 Å². The van der Waals surface area contributed by atoms with Gasteiger partial charge in [0.15, 0.2) is 0 Å². The van der Waals surface area contributed by atoms with Gasteiger partial charge in [0.1, 0.15) is 5.82 Å².